The fourth-order valence-electron chi connectivity index (χ4n) is 2.25. The Morgan fingerprint density at radius 2 is 1.95 bits per heavy atom. The van der Waals surface area contributed by atoms with Crippen LogP contribution in [0.4, 0.5) is 0 Å². The van der Waals surface area contributed by atoms with Gasteiger partial charge in [0, 0.05) is 18.5 Å². The molecule has 1 aromatic rings. The summed E-state index contributed by atoms with van der Waals surface area (Å²) in [5.41, 5.74) is 0.353. The van der Waals surface area contributed by atoms with Crippen LogP contribution >= 0.6 is 0 Å². The van der Waals surface area contributed by atoms with Crippen molar-refractivity contribution in [3.63, 3.8) is 0 Å². The van der Waals surface area contributed by atoms with Gasteiger partial charge in [-0.05, 0) is 19.1 Å². The summed E-state index contributed by atoms with van der Waals surface area (Å²) in [7, 11) is -3.74. The third kappa shape index (κ3) is 2.24. The first kappa shape index (κ1) is 14.4. The highest BCUT2D eigenvalue weighted by molar-refractivity contribution is 7.89. The Hall–Kier alpha value is -2.02. The number of nitrogens with zero attached hydrogens (tertiary/aromatic N) is 1. The van der Waals surface area contributed by atoms with E-state index in [0.29, 0.717) is 0 Å². The van der Waals surface area contributed by atoms with Gasteiger partial charge in [0.2, 0.25) is 0 Å². The van der Waals surface area contributed by atoms with Crippen molar-refractivity contribution in [2.24, 2.45) is 0 Å². The van der Waals surface area contributed by atoms with Crippen LogP contribution in [-0.2, 0) is 14.8 Å². The number of hydrogen-bond acceptors (Lipinski definition) is 4. The minimum Gasteiger partial charge on any atom is -0.505 e. The molecule has 0 fully saturated rings. The van der Waals surface area contributed by atoms with Crippen molar-refractivity contribution in [3.8, 4) is 0 Å². The molecule has 0 saturated heterocycles. The van der Waals surface area contributed by atoms with E-state index in [2.05, 4.69) is 0 Å². The molecule has 0 amide bonds. The number of sulfonamides is 1. The van der Waals surface area contributed by atoms with Crippen molar-refractivity contribution in [1.29, 1.82) is 0 Å². The van der Waals surface area contributed by atoms with Crippen LogP contribution < -0.4 is 0 Å². The number of aliphatic carboxylic acids is 1. The minimum absolute atomic E-state index is 0.0391. The Morgan fingerprint density at radius 3 is 2.55 bits per heavy atom. The second-order valence-corrected chi connectivity index (χ2v) is 6.19. The van der Waals surface area contributed by atoms with E-state index in [-0.39, 0.29) is 41.3 Å². The molecule has 1 heterocycles. The van der Waals surface area contributed by atoms with Gasteiger partial charge < -0.3 is 10.2 Å². The number of carbonyl (C=O) groups is 1. The van der Waals surface area contributed by atoms with E-state index in [1.807, 2.05) is 0 Å². The van der Waals surface area contributed by atoms with Gasteiger partial charge in [0.15, 0.2) is 0 Å². The molecule has 0 bridgehead atoms. The summed E-state index contributed by atoms with van der Waals surface area (Å²) >= 11 is 0. The Bertz CT molecular complexity index is 678. The van der Waals surface area contributed by atoms with Crippen LogP contribution in [0.3, 0.4) is 0 Å². The van der Waals surface area contributed by atoms with Crippen LogP contribution in [-0.4, -0.2) is 35.5 Å². The van der Waals surface area contributed by atoms with Gasteiger partial charge in [0.1, 0.15) is 5.76 Å². The zero-order chi connectivity index (χ0) is 14.9. The lowest BCUT2D eigenvalue weighted by Gasteiger charge is -2.31. The Balaban J connectivity index is 2.61. The Morgan fingerprint density at radius 1 is 1.30 bits per heavy atom. The van der Waals surface area contributed by atoms with E-state index < -0.39 is 16.0 Å². The summed E-state index contributed by atoms with van der Waals surface area (Å²) in [6.45, 7) is 1.77. The van der Waals surface area contributed by atoms with Crippen LogP contribution in [0.1, 0.15) is 25.3 Å². The van der Waals surface area contributed by atoms with Crippen molar-refractivity contribution in [2.75, 3.05) is 6.54 Å². The maximum absolute atomic E-state index is 12.5. The molecule has 0 spiro atoms. The third-order valence-corrected chi connectivity index (χ3v) is 5.12. The summed E-state index contributed by atoms with van der Waals surface area (Å²) in [5, 5.41) is 19.0. The molecule has 2 rings (SSSR count). The lowest BCUT2D eigenvalue weighted by Crippen LogP contribution is -2.35. The van der Waals surface area contributed by atoms with E-state index >= 15 is 0 Å². The van der Waals surface area contributed by atoms with Crippen molar-refractivity contribution in [2.45, 2.75) is 24.7 Å². The smallest absolute Gasteiger partial charge is 0.303 e. The second-order valence-electron chi connectivity index (χ2n) is 4.35. The first-order valence-corrected chi connectivity index (χ1v) is 7.59. The van der Waals surface area contributed by atoms with Crippen LogP contribution in [0.15, 0.2) is 34.9 Å². The van der Waals surface area contributed by atoms with E-state index in [1.165, 1.54) is 12.1 Å². The number of allylic oxidation sites excluding steroid dienone is 1. The highest BCUT2D eigenvalue weighted by atomic mass is 32.2. The molecule has 1 aliphatic rings. The molecular formula is C13H15NO5S. The van der Waals surface area contributed by atoms with Crippen LogP contribution in [0, 0.1) is 0 Å². The predicted octanol–water partition coefficient (Wildman–Crippen LogP) is 1.80. The molecule has 0 unspecified atom stereocenters. The van der Waals surface area contributed by atoms with Crippen LogP contribution in [0.5, 0.6) is 0 Å². The molecule has 0 radical (unpaired) electrons. The fourth-order valence-corrected chi connectivity index (χ4v) is 3.99. The SMILES string of the molecule is CCN1C(CCC(=O)O)=C(O)c2ccccc2S1(=O)=O. The number of aliphatic hydroxyl groups excluding tert-OH is 1. The van der Waals surface area contributed by atoms with Crippen molar-refractivity contribution < 1.29 is 23.4 Å². The quantitative estimate of drug-likeness (QED) is 0.883. The highest BCUT2D eigenvalue weighted by Gasteiger charge is 2.35. The number of carboxylic acids is 1. The molecule has 20 heavy (non-hydrogen) atoms. The fraction of sp³-hybridized carbons (Fsp3) is 0.308. The summed E-state index contributed by atoms with van der Waals surface area (Å²) in [6.07, 6.45) is -0.282. The maximum atomic E-state index is 12.5. The number of benzene rings is 1. The molecule has 1 aliphatic heterocycles. The van der Waals surface area contributed by atoms with Crippen molar-refractivity contribution in [1.82, 2.24) is 4.31 Å². The maximum Gasteiger partial charge on any atom is 0.303 e. The van der Waals surface area contributed by atoms with Crippen LogP contribution in [0.2, 0.25) is 0 Å². The number of fused-ring (bicyclic) bond motifs is 1. The average Bonchev–Trinajstić information content (AvgIpc) is 2.41. The van der Waals surface area contributed by atoms with Crippen molar-refractivity contribution in [3.05, 3.63) is 35.5 Å². The second kappa shape index (κ2) is 5.16. The number of rotatable bonds is 4. The largest absolute Gasteiger partial charge is 0.505 e. The Kier molecular flexibility index (Phi) is 3.71. The summed E-state index contributed by atoms with van der Waals surface area (Å²) in [6, 6.07) is 6.15. The standard InChI is InChI=1S/C13H15NO5S/c1-2-14-10(7-8-12(15)16)13(17)9-5-3-4-6-11(9)20(14,18)19/h3-6,17H,2,7-8H2,1H3,(H,15,16). The molecule has 0 atom stereocenters. The molecule has 7 heteroatoms. The third-order valence-electron chi connectivity index (χ3n) is 3.15. The summed E-state index contributed by atoms with van der Waals surface area (Å²) in [5.74, 6) is -1.21. The van der Waals surface area contributed by atoms with Gasteiger partial charge >= 0.3 is 5.97 Å². The minimum atomic E-state index is -3.74. The molecule has 108 valence electrons. The van der Waals surface area contributed by atoms with Gasteiger partial charge in [-0.15, -0.1) is 0 Å². The molecule has 1 aromatic carbocycles. The van der Waals surface area contributed by atoms with Gasteiger partial charge in [-0.1, -0.05) is 12.1 Å². The van der Waals surface area contributed by atoms with Gasteiger partial charge in [0.05, 0.1) is 17.0 Å². The summed E-state index contributed by atoms with van der Waals surface area (Å²) in [4.78, 5) is 10.7. The van der Waals surface area contributed by atoms with E-state index in [4.69, 9.17) is 5.11 Å². The molecule has 0 saturated carbocycles. The highest BCUT2D eigenvalue weighted by Crippen LogP contribution is 2.36. The molecule has 0 aliphatic carbocycles. The molecule has 6 nitrogen and oxygen atoms in total. The summed E-state index contributed by atoms with van der Waals surface area (Å²) < 4.78 is 26.0. The number of carboxylic acid groups (broad SMARTS) is 1. The molecule has 2 N–H and O–H groups in total. The van der Waals surface area contributed by atoms with Gasteiger partial charge in [-0.3, -0.25) is 9.10 Å². The van der Waals surface area contributed by atoms with Gasteiger partial charge in [-0.2, -0.15) is 0 Å². The first-order valence-electron chi connectivity index (χ1n) is 6.15. The lowest BCUT2D eigenvalue weighted by atomic mass is 10.1. The van der Waals surface area contributed by atoms with Gasteiger partial charge in [0.25, 0.3) is 10.0 Å². The Labute approximate surface area is 117 Å². The number of hydrogen-bond donors (Lipinski definition) is 2. The normalized spacial score (nSPS) is 16.9. The zero-order valence-corrected chi connectivity index (χ0v) is 11.7. The van der Waals surface area contributed by atoms with Crippen LogP contribution in [0.25, 0.3) is 5.76 Å². The first-order chi connectivity index (χ1) is 9.39. The zero-order valence-electron chi connectivity index (χ0n) is 10.9. The van der Waals surface area contributed by atoms with Crippen molar-refractivity contribution >= 4 is 21.8 Å². The van der Waals surface area contributed by atoms with E-state index in [0.717, 1.165) is 4.31 Å². The van der Waals surface area contributed by atoms with E-state index in [1.54, 1.807) is 19.1 Å². The molecule has 0 aromatic heterocycles. The average molecular weight is 297 g/mol. The topological polar surface area (TPSA) is 94.9 Å². The van der Waals surface area contributed by atoms with E-state index in [9.17, 15) is 18.3 Å². The monoisotopic (exact) mass is 297 g/mol. The lowest BCUT2D eigenvalue weighted by molar-refractivity contribution is -0.137. The predicted molar refractivity (Wildman–Crippen MR) is 72.4 cm³/mol. The molecular weight excluding hydrogens is 282 g/mol. The number of aliphatic hydroxyl groups is 1. The van der Waals surface area contributed by atoms with Gasteiger partial charge in [-0.25, -0.2) is 8.42 Å².